The SMILES string of the molecule is CC(C(=O)O)C(=O)N(Cc1cccc(O)c1)C1CC1. The second-order valence-electron chi connectivity index (χ2n) is 4.93. The van der Waals surface area contributed by atoms with Crippen LogP contribution in [0.2, 0.25) is 0 Å². The molecule has 1 amide bonds. The van der Waals surface area contributed by atoms with Crippen molar-refractivity contribution in [1.29, 1.82) is 0 Å². The van der Waals surface area contributed by atoms with Crippen molar-refractivity contribution >= 4 is 11.9 Å². The largest absolute Gasteiger partial charge is 0.508 e. The number of aliphatic carboxylic acids is 1. The van der Waals surface area contributed by atoms with E-state index in [0.717, 1.165) is 18.4 Å². The number of amides is 1. The number of carbonyl (C=O) groups is 2. The molecule has 0 aliphatic heterocycles. The Labute approximate surface area is 111 Å². The highest BCUT2D eigenvalue weighted by atomic mass is 16.4. The second-order valence-corrected chi connectivity index (χ2v) is 4.93. The summed E-state index contributed by atoms with van der Waals surface area (Å²) in [6.07, 6.45) is 1.83. The molecule has 0 saturated heterocycles. The van der Waals surface area contributed by atoms with Crippen molar-refractivity contribution in [3.63, 3.8) is 0 Å². The van der Waals surface area contributed by atoms with Crippen molar-refractivity contribution in [3.8, 4) is 5.75 Å². The lowest BCUT2D eigenvalue weighted by Gasteiger charge is -2.24. The molecule has 0 bridgehead atoms. The van der Waals surface area contributed by atoms with Gasteiger partial charge >= 0.3 is 5.97 Å². The number of carboxylic acids is 1. The van der Waals surface area contributed by atoms with E-state index < -0.39 is 11.9 Å². The van der Waals surface area contributed by atoms with E-state index in [9.17, 15) is 14.7 Å². The van der Waals surface area contributed by atoms with Gasteiger partial charge in [-0.15, -0.1) is 0 Å². The highest BCUT2D eigenvalue weighted by molar-refractivity contribution is 5.96. The van der Waals surface area contributed by atoms with Gasteiger partial charge in [-0.25, -0.2) is 0 Å². The van der Waals surface area contributed by atoms with Crippen LogP contribution in [0.5, 0.6) is 5.75 Å². The van der Waals surface area contributed by atoms with Crippen LogP contribution in [0.3, 0.4) is 0 Å². The van der Waals surface area contributed by atoms with Crippen LogP contribution in [0.15, 0.2) is 24.3 Å². The maximum atomic E-state index is 12.1. The van der Waals surface area contributed by atoms with Crippen LogP contribution in [0.4, 0.5) is 0 Å². The highest BCUT2D eigenvalue weighted by Crippen LogP contribution is 2.30. The van der Waals surface area contributed by atoms with Crippen LogP contribution in [-0.2, 0) is 16.1 Å². The van der Waals surface area contributed by atoms with Gasteiger partial charge in [-0.3, -0.25) is 9.59 Å². The van der Waals surface area contributed by atoms with Crippen molar-refractivity contribution in [2.24, 2.45) is 5.92 Å². The Morgan fingerprint density at radius 1 is 1.42 bits per heavy atom. The first kappa shape index (κ1) is 13.4. The number of carboxylic acid groups (broad SMARTS) is 1. The lowest BCUT2D eigenvalue weighted by molar-refractivity contribution is -0.150. The molecule has 0 spiro atoms. The van der Waals surface area contributed by atoms with Crippen LogP contribution in [0, 0.1) is 5.92 Å². The minimum absolute atomic E-state index is 0.136. The number of rotatable bonds is 5. The quantitative estimate of drug-likeness (QED) is 0.791. The Bertz CT molecular complexity index is 496. The molecular weight excluding hydrogens is 246 g/mol. The van der Waals surface area contributed by atoms with E-state index in [1.807, 2.05) is 6.07 Å². The molecule has 1 unspecified atom stereocenters. The first-order chi connectivity index (χ1) is 8.99. The molecular formula is C14H17NO4. The summed E-state index contributed by atoms with van der Waals surface area (Å²) in [4.78, 5) is 24.6. The Balaban J connectivity index is 2.13. The lowest BCUT2D eigenvalue weighted by atomic mass is 10.1. The number of aromatic hydroxyl groups is 1. The Morgan fingerprint density at radius 3 is 2.63 bits per heavy atom. The first-order valence-corrected chi connectivity index (χ1v) is 6.30. The zero-order valence-electron chi connectivity index (χ0n) is 10.7. The predicted octanol–water partition coefficient (Wildman–Crippen LogP) is 1.60. The third kappa shape index (κ3) is 3.24. The molecule has 1 fully saturated rings. The monoisotopic (exact) mass is 263 g/mol. The predicted molar refractivity (Wildman–Crippen MR) is 68.5 cm³/mol. The molecule has 0 radical (unpaired) electrons. The molecule has 5 nitrogen and oxygen atoms in total. The zero-order chi connectivity index (χ0) is 14.0. The van der Waals surface area contributed by atoms with Crippen LogP contribution < -0.4 is 0 Å². The number of carbonyl (C=O) groups excluding carboxylic acids is 1. The summed E-state index contributed by atoms with van der Waals surface area (Å²) in [5.41, 5.74) is 0.804. The number of phenolic OH excluding ortho intramolecular Hbond substituents is 1. The van der Waals surface area contributed by atoms with E-state index in [1.165, 1.54) is 6.92 Å². The van der Waals surface area contributed by atoms with E-state index in [0.29, 0.717) is 6.54 Å². The fraction of sp³-hybridized carbons (Fsp3) is 0.429. The van der Waals surface area contributed by atoms with Gasteiger partial charge in [0.15, 0.2) is 0 Å². The topological polar surface area (TPSA) is 77.8 Å². The standard InChI is InChI=1S/C14H17NO4/c1-9(14(18)19)13(17)15(11-5-6-11)8-10-3-2-4-12(16)7-10/h2-4,7,9,11,16H,5-6,8H2,1H3,(H,18,19). The van der Waals surface area contributed by atoms with Crippen LogP contribution >= 0.6 is 0 Å². The summed E-state index contributed by atoms with van der Waals surface area (Å²) in [5.74, 6) is -2.35. The number of nitrogens with zero attached hydrogens (tertiary/aromatic N) is 1. The van der Waals surface area contributed by atoms with Gasteiger partial charge in [-0.1, -0.05) is 12.1 Å². The maximum Gasteiger partial charge on any atom is 0.315 e. The lowest BCUT2D eigenvalue weighted by Crippen LogP contribution is -2.39. The van der Waals surface area contributed by atoms with Gasteiger partial charge < -0.3 is 15.1 Å². The highest BCUT2D eigenvalue weighted by Gasteiger charge is 2.36. The van der Waals surface area contributed by atoms with Crippen LogP contribution in [0.1, 0.15) is 25.3 Å². The second kappa shape index (κ2) is 5.30. The van der Waals surface area contributed by atoms with Gasteiger partial charge in [-0.2, -0.15) is 0 Å². The molecule has 102 valence electrons. The molecule has 19 heavy (non-hydrogen) atoms. The summed E-state index contributed by atoms with van der Waals surface area (Å²) >= 11 is 0. The van der Waals surface area contributed by atoms with E-state index >= 15 is 0 Å². The van der Waals surface area contributed by atoms with E-state index in [1.54, 1.807) is 23.1 Å². The third-order valence-corrected chi connectivity index (χ3v) is 3.28. The number of hydrogen-bond donors (Lipinski definition) is 2. The third-order valence-electron chi connectivity index (χ3n) is 3.28. The smallest absolute Gasteiger partial charge is 0.315 e. The molecule has 1 aliphatic rings. The van der Waals surface area contributed by atoms with Gasteiger partial charge in [0.05, 0.1) is 0 Å². The van der Waals surface area contributed by atoms with Gasteiger partial charge in [0.25, 0.3) is 0 Å². The normalized spacial score (nSPS) is 15.8. The number of hydrogen-bond acceptors (Lipinski definition) is 3. The number of phenols is 1. The summed E-state index contributed by atoms with van der Waals surface area (Å²) in [7, 11) is 0. The van der Waals surface area contributed by atoms with Gasteiger partial charge in [0.2, 0.25) is 5.91 Å². The molecule has 5 heteroatoms. The molecule has 1 aliphatic carbocycles. The number of benzene rings is 1. The van der Waals surface area contributed by atoms with Crippen molar-refractivity contribution < 1.29 is 19.8 Å². The van der Waals surface area contributed by atoms with Crippen molar-refractivity contribution in [2.75, 3.05) is 0 Å². The van der Waals surface area contributed by atoms with Gasteiger partial charge in [0.1, 0.15) is 11.7 Å². The molecule has 0 heterocycles. The Hall–Kier alpha value is -2.04. The molecule has 1 atom stereocenters. The summed E-state index contributed by atoms with van der Waals surface area (Å²) in [5, 5.41) is 18.3. The molecule has 2 rings (SSSR count). The summed E-state index contributed by atoms with van der Waals surface area (Å²) in [6, 6.07) is 6.81. The Morgan fingerprint density at radius 2 is 2.11 bits per heavy atom. The van der Waals surface area contributed by atoms with Crippen molar-refractivity contribution in [3.05, 3.63) is 29.8 Å². The Kier molecular flexibility index (Phi) is 3.74. The molecule has 1 aromatic carbocycles. The van der Waals surface area contributed by atoms with Gasteiger partial charge in [0, 0.05) is 12.6 Å². The van der Waals surface area contributed by atoms with E-state index in [-0.39, 0.29) is 17.7 Å². The van der Waals surface area contributed by atoms with E-state index in [4.69, 9.17) is 5.11 Å². The summed E-state index contributed by atoms with van der Waals surface area (Å²) in [6.45, 7) is 1.75. The minimum Gasteiger partial charge on any atom is -0.508 e. The zero-order valence-corrected chi connectivity index (χ0v) is 10.7. The fourth-order valence-electron chi connectivity index (χ4n) is 1.98. The molecule has 0 aromatic heterocycles. The summed E-state index contributed by atoms with van der Waals surface area (Å²) < 4.78 is 0. The van der Waals surface area contributed by atoms with Crippen LogP contribution in [0.25, 0.3) is 0 Å². The van der Waals surface area contributed by atoms with Crippen LogP contribution in [-0.4, -0.2) is 33.0 Å². The average Bonchev–Trinajstić information content (AvgIpc) is 3.18. The average molecular weight is 263 g/mol. The fourth-order valence-corrected chi connectivity index (χ4v) is 1.98. The van der Waals surface area contributed by atoms with E-state index in [2.05, 4.69) is 0 Å². The minimum atomic E-state index is -1.11. The van der Waals surface area contributed by atoms with Crippen molar-refractivity contribution in [2.45, 2.75) is 32.4 Å². The molecule has 2 N–H and O–H groups in total. The molecule has 1 aromatic rings. The van der Waals surface area contributed by atoms with Crippen molar-refractivity contribution in [1.82, 2.24) is 4.90 Å². The first-order valence-electron chi connectivity index (χ1n) is 6.30. The molecule has 1 saturated carbocycles. The maximum absolute atomic E-state index is 12.1. The van der Waals surface area contributed by atoms with Gasteiger partial charge in [-0.05, 0) is 37.5 Å².